The standard InChI is InChI=1S/C12H9N3O3S/c16-11(17)4-2-8-1-3-9(19-8)12(18)15-10-7-13-5-6-14-10/h1-7H,(H,16,17)(H,14,15,18)/b4-2+. The number of carbonyl (C=O) groups excluding carboxylic acids is 1. The lowest BCUT2D eigenvalue weighted by Crippen LogP contribution is -2.11. The number of rotatable bonds is 4. The van der Waals surface area contributed by atoms with Crippen LogP contribution in [0.1, 0.15) is 14.5 Å². The first-order chi connectivity index (χ1) is 9.15. The van der Waals surface area contributed by atoms with E-state index in [9.17, 15) is 9.59 Å². The number of nitrogens with zero attached hydrogens (tertiary/aromatic N) is 2. The number of nitrogens with one attached hydrogen (secondary N) is 1. The topological polar surface area (TPSA) is 92.2 Å². The Hall–Kier alpha value is -2.54. The SMILES string of the molecule is O=C(O)/C=C/c1ccc(C(=O)Nc2cnccn2)s1. The van der Waals surface area contributed by atoms with Gasteiger partial charge in [0, 0.05) is 23.3 Å². The third-order valence-corrected chi connectivity index (χ3v) is 3.09. The summed E-state index contributed by atoms with van der Waals surface area (Å²) in [6.45, 7) is 0. The van der Waals surface area contributed by atoms with E-state index < -0.39 is 5.97 Å². The molecule has 2 N–H and O–H groups in total. The molecule has 0 unspecified atom stereocenters. The van der Waals surface area contributed by atoms with E-state index in [2.05, 4.69) is 15.3 Å². The van der Waals surface area contributed by atoms with E-state index in [4.69, 9.17) is 5.11 Å². The van der Waals surface area contributed by atoms with Crippen LogP contribution in [0.15, 0.2) is 36.8 Å². The molecule has 0 aromatic carbocycles. The molecule has 0 bridgehead atoms. The predicted molar refractivity (Wildman–Crippen MR) is 71.0 cm³/mol. The fourth-order valence-corrected chi connectivity index (χ4v) is 2.07. The van der Waals surface area contributed by atoms with E-state index in [-0.39, 0.29) is 5.91 Å². The second-order valence-corrected chi connectivity index (χ2v) is 4.53. The third kappa shape index (κ3) is 3.71. The number of hydrogen-bond donors (Lipinski definition) is 2. The van der Waals surface area contributed by atoms with Gasteiger partial charge in [-0.3, -0.25) is 9.78 Å². The van der Waals surface area contributed by atoms with Gasteiger partial charge in [0.1, 0.15) is 0 Å². The van der Waals surface area contributed by atoms with Crippen LogP contribution in [-0.4, -0.2) is 27.0 Å². The van der Waals surface area contributed by atoms with Crippen molar-refractivity contribution in [3.8, 4) is 0 Å². The molecular weight excluding hydrogens is 266 g/mol. The Morgan fingerprint density at radius 1 is 1.32 bits per heavy atom. The van der Waals surface area contributed by atoms with E-state index in [1.54, 1.807) is 12.1 Å². The van der Waals surface area contributed by atoms with Crippen LogP contribution in [-0.2, 0) is 4.79 Å². The van der Waals surface area contributed by atoms with Gasteiger partial charge in [-0.2, -0.15) is 0 Å². The Kier molecular flexibility index (Phi) is 3.99. The highest BCUT2D eigenvalue weighted by Gasteiger charge is 2.09. The Bertz CT molecular complexity index is 622. The van der Waals surface area contributed by atoms with Crippen molar-refractivity contribution < 1.29 is 14.7 Å². The van der Waals surface area contributed by atoms with E-state index in [1.807, 2.05) is 0 Å². The second-order valence-electron chi connectivity index (χ2n) is 3.42. The summed E-state index contributed by atoms with van der Waals surface area (Å²) in [7, 11) is 0. The molecule has 1 amide bonds. The summed E-state index contributed by atoms with van der Waals surface area (Å²) in [4.78, 5) is 31.2. The van der Waals surface area contributed by atoms with Crippen LogP contribution < -0.4 is 5.32 Å². The van der Waals surface area contributed by atoms with Crippen LogP contribution in [0.25, 0.3) is 6.08 Å². The number of carboxylic acid groups (broad SMARTS) is 1. The molecule has 0 atom stereocenters. The van der Waals surface area contributed by atoms with Crippen LogP contribution in [0, 0.1) is 0 Å². The quantitative estimate of drug-likeness (QED) is 0.831. The smallest absolute Gasteiger partial charge is 0.328 e. The second kappa shape index (κ2) is 5.87. The number of aliphatic carboxylic acids is 1. The van der Waals surface area contributed by atoms with Crippen molar-refractivity contribution >= 4 is 35.1 Å². The van der Waals surface area contributed by atoms with E-state index in [1.165, 1.54) is 36.0 Å². The lowest BCUT2D eigenvalue weighted by Gasteiger charge is -2.00. The van der Waals surface area contributed by atoms with Crippen molar-refractivity contribution in [2.75, 3.05) is 5.32 Å². The molecule has 2 rings (SSSR count). The van der Waals surface area contributed by atoms with Crippen molar-refractivity contribution in [2.45, 2.75) is 0 Å². The summed E-state index contributed by atoms with van der Waals surface area (Å²) in [6.07, 6.45) is 6.89. The van der Waals surface area contributed by atoms with Crippen molar-refractivity contribution in [3.05, 3.63) is 46.6 Å². The Morgan fingerprint density at radius 2 is 2.16 bits per heavy atom. The molecule has 2 heterocycles. The van der Waals surface area contributed by atoms with Crippen LogP contribution in [0.4, 0.5) is 5.82 Å². The first kappa shape index (κ1) is 12.9. The molecule has 0 radical (unpaired) electrons. The summed E-state index contributed by atoms with van der Waals surface area (Å²) < 4.78 is 0. The first-order valence-electron chi connectivity index (χ1n) is 5.23. The summed E-state index contributed by atoms with van der Waals surface area (Å²) in [6, 6.07) is 3.30. The molecule has 19 heavy (non-hydrogen) atoms. The Balaban J connectivity index is 2.06. The van der Waals surface area contributed by atoms with Crippen molar-refractivity contribution in [3.63, 3.8) is 0 Å². The number of anilines is 1. The molecule has 96 valence electrons. The maximum atomic E-state index is 11.9. The number of hydrogen-bond acceptors (Lipinski definition) is 5. The highest BCUT2D eigenvalue weighted by molar-refractivity contribution is 7.15. The van der Waals surface area contributed by atoms with Gasteiger partial charge in [-0.1, -0.05) is 0 Å². The summed E-state index contributed by atoms with van der Waals surface area (Å²) >= 11 is 1.19. The summed E-state index contributed by atoms with van der Waals surface area (Å²) in [5.41, 5.74) is 0. The normalized spacial score (nSPS) is 10.5. The van der Waals surface area contributed by atoms with E-state index in [0.29, 0.717) is 15.6 Å². The largest absolute Gasteiger partial charge is 0.478 e. The van der Waals surface area contributed by atoms with E-state index >= 15 is 0 Å². The summed E-state index contributed by atoms with van der Waals surface area (Å²) in [5, 5.41) is 11.1. The molecule has 7 heteroatoms. The highest BCUT2D eigenvalue weighted by Crippen LogP contribution is 2.18. The van der Waals surface area contributed by atoms with Gasteiger partial charge in [0.05, 0.1) is 11.1 Å². The minimum absolute atomic E-state index is 0.305. The molecule has 0 spiro atoms. The number of amides is 1. The average Bonchev–Trinajstić information content (AvgIpc) is 2.86. The van der Waals surface area contributed by atoms with Crippen LogP contribution in [0.3, 0.4) is 0 Å². The van der Waals surface area contributed by atoms with Crippen molar-refractivity contribution in [1.82, 2.24) is 9.97 Å². The van der Waals surface area contributed by atoms with Gasteiger partial charge in [0.15, 0.2) is 5.82 Å². The molecular formula is C12H9N3O3S. The Labute approximate surface area is 112 Å². The highest BCUT2D eigenvalue weighted by atomic mass is 32.1. The molecule has 0 fully saturated rings. The Morgan fingerprint density at radius 3 is 2.84 bits per heavy atom. The molecule has 0 aliphatic heterocycles. The lowest BCUT2D eigenvalue weighted by atomic mass is 10.4. The third-order valence-electron chi connectivity index (χ3n) is 2.05. The zero-order valence-electron chi connectivity index (χ0n) is 9.61. The maximum absolute atomic E-state index is 11.9. The zero-order chi connectivity index (χ0) is 13.7. The summed E-state index contributed by atoms with van der Waals surface area (Å²) in [5.74, 6) is -0.969. The van der Waals surface area contributed by atoms with Gasteiger partial charge < -0.3 is 10.4 Å². The van der Waals surface area contributed by atoms with Crippen molar-refractivity contribution in [2.24, 2.45) is 0 Å². The molecule has 0 saturated carbocycles. The van der Waals surface area contributed by atoms with Gasteiger partial charge in [-0.05, 0) is 18.2 Å². The number of thiophene rings is 1. The molecule has 2 aromatic rings. The molecule has 0 saturated heterocycles. The van der Waals surface area contributed by atoms with Crippen LogP contribution in [0.2, 0.25) is 0 Å². The molecule has 6 nitrogen and oxygen atoms in total. The van der Waals surface area contributed by atoms with Crippen molar-refractivity contribution in [1.29, 1.82) is 0 Å². The number of aromatic nitrogens is 2. The minimum Gasteiger partial charge on any atom is -0.478 e. The number of carbonyl (C=O) groups is 2. The molecule has 0 aliphatic carbocycles. The molecule has 2 aromatic heterocycles. The van der Waals surface area contributed by atoms with Gasteiger partial charge in [-0.15, -0.1) is 11.3 Å². The number of carboxylic acids is 1. The van der Waals surface area contributed by atoms with E-state index in [0.717, 1.165) is 6.08 Å². The average molecular weight is 275 g/mol. The monoisotopic (exact) mass is 275 g/mol. The molecule has 0 aliphatic rings. The van der Waals surface area contributed by atoms with Crippen LogP contribution >= 0.6 is 11.3 Å². The fourth-order valence-electron chi connectivity index (χ4n) is 1.26. The van der Waals surface area contributed by atoms with Gasteiger partial charge >= 0.3 is 5.97 Å². The minimum atomic E-state index is -1.03. The maximum Gasteiger partial charge on any atom is 0.328 e. The van der Waals surface area contributed by atoms with Gasteiger partial charge in [0.2, 0.25) is 0 Å². The zero-order valence-corrected chi connectivity index (χ0v) is 10.4. The van der Waals surface area contributed by atoms with Gasteiger partial charge in [0.25, 0.3) is 5.91 Å². The van der Waals surface area contributed by atoms with Gasteiger partial charge in [-0.25, -0.2) is 9.78 Å². The first-order valence-corrected chi connectivity index (χ1v) is 6.05. The predicted octanol–water partition coefficient (Wildman–Crippen LogP) is 1.89. The fraction of sp³-hybridized carbons (Fsp3) is 0. The van der Waals surface area contributed by atoms with Crippen LogP contribution in [0.5, 0.6) is 0 Å². The lowest BCUT2D eigenvalue weighted by molar-refractivity contribution is -0.131.